The van der Waals surface area contributed by atoms with Gasteiger partial charge in [0, 0.05) is 16.9 Å². The second kappa shape index (κ2) is 15.2. The van der Waals surface area contributed by atoms with Crippen LogP contribution in [0.1, 0.15) is 97.2 Å². The van der Waals surface area contributed by atoms with E-state index in [1.54, 1.807) is 0 Å². The van der Waals surface area contributed by atoms with E-state index >= 15 is 0 Å². The van der Waals surface area contributed by atoms with Gasteiger partial charge in [-0.3, -0.25) is 0 Å². The van der Waals surface area contributed by atoms with Gasteiger partial charge in [-0.1, -0.05) is 236 Å². The summed E-state index contributed by atoms with van der Waals surface area (Å²) in [5.74, 6) is 0. The fourth-order valence-electron chi connectivity index (χ4n) is 11.3. The molecule has 0 heterocycles. The van der Waals surface area contributed by atoms with Gasteiger partial charge in [0.2, 0.25) is 0 Å². The van der Waals surface area contributed by atoms with Gasteiger partial charge in [-0.2, -0.15) is 0 Å². The lowest BCUT2D eigenvalue weighted by molar-refractivity contribution is 0.589. The Kier molecular flexibility index (Phi) is 9.49. The van der Waals surface area contributed by atoms with Crippen LogP contribution in [0.15, 0.2) is 224 Å². The first kappa shape index (κ1) is 40.5. The first-order chi connectivity index (χ1) is 31.5. The van der Waals surface area contributed by atoms with E-state index in [1.807, 2.05) is 0 Å². The van der Waals surface area contributed by atoms with Gasteiger partial charge in [0.05, 0.1) is 16.5 Å². The van der Waals surface area contributed by atoms with E-state index in [1.165, 1.54) is 77.9 Å². The highest BCUT2D eigenvalue weighted by atomic mass is 15.1. The lowest BCUT2D eigenvalue weighted by Gasteiger charge is -2.35. The summed E-state index contributed by atoms with van der Waals surface area (Å²) in [5.41, 5.74) is 20.5. The quantitative estimate of drug-likeness (QED) is 0.155. The molecule has 65 heavy (non-hydrogen) atoms. The van der Waals surface area contributed by atoms with Gasteiger partial charge in [-0.05, 0) is 113 Å². The average Bonchev–Trinajstić information content (AvgIpc) is 3.81. The molecule has 1 heteroatoms. The maximum Gasteiger partial charge on any atom is 0.0714 e. The smallest absolute Gasteiger partial charge is 0.0714 e. The Hall–Kier alpha value is -7.22. The lowest BCUT2D eigenvalue weighted by atomic mass is 9.67. The van der Waals surface area contributed by atoms with Crippen LogP contribution >= 0.6 is 0 Å². The van der Waals surface area contributed by atoms with Crippen LogP contribution in [0.5, 0.6) is 0 Å². The van der Waals surface area contributed by atoms with Gasteiger partial charge in [0.15, 0.2) is 0 Å². The molecule has 0 spiro atoms. The van der Waals surface area contributed by atoms with Crippen molar-refractivity contribution in [3.8, 4) is 22.3 Å². The predicted molar refractivity (Wildman–Crippen MR) is 273 cm³/mol. The van der Waals surface area contributed by atoms with Crippen LogP contribution in [0.2, 0.25) is 0 Å². The fourth-order valence-corrected chi connectivity index (χ4v) is 11.3. The molecule has 0 saturated heterocycles. The van der Waals surface area contributed by atoms with Crippen molar-refractivity contribution < 1.29 is 0 Å². The average molecular weight is 838 g/mol. The van der Waals surface area contributed by atoms with E-state index in [0.29, 0.717) is 0 Å². The van der Waals surface area contributed by atoms with Crippen molar-refractivity contribution in [2.24, 2.45) is 0 Å². The van der Waals surface area contributed by atoms with Crippen molar-refractivity contribution in [2.45, 2.75) is 63.2 Å². The zero-order chi connectivity index (χ0) is 44.6. The molecule has 2 aliphatic rings. The van der Waals surface area contributed by atoms with Crippen molar-refractivity contribution in [1.82, 2.24) is 0 Å². The first-order valence-corrected chi connectivity index (χ1v) is 23.2. The van der Waals surface area contributed by atoms with E-state index in [9.17, 15) is 0 Å². The number of hydrogen-bond acceptors (Lipinski definition) is 1. The zero-order valence-corrected chi connectivity index (χ0v) is 38.3. The number of anilines is 3. The number of rotatable bonds is 7. The predicted octanol–water partition coefficient (Wildman–Crippen LogP) is 16.5. The third-order valence-corrected chi connectivity index (χ3v) is 14.4. The minimum Gasteiger partial charge on any atom is -0.310 e. The minimum atomic E-state index is -0.531. The third kappa shape index (κ3) is 6.20. The van der Waals surface area contributed by atoms with Crippen LogP contribution in [0.3, 0.4) is 0 Å². The molecule has 0 fully saturated rings. The fraction of sp³-hybridized carbons (Fsp3) is 0.156. The topological polar surface area (TPSA) is 3.24 Å². The largest absolute Gasteiger partial charge is 0.310 e. The van der Waals surface area contributed by atoms with Crippen molar-refractivity contribution >= 4 is 17.1 Å². The number of para-hydroxylation sites is 1. The second-order valence-electron chi connectivity index (χ2n) is 20.1. The van der Waals surface area contributed by atoms with Gasteiger partial charge in [0.1, 0.15) is 0 Å². The van der Waals surface area contributed by atoms with Gasteiger partial charge < -0.3 is 4.90 Å². The molecule has 0 N–H and O–H groups in total. The number of nitrogens with zero attached hydrogens (tertiary/aromatic N) is 1. The highest BCUT2D eigenvalue weighted by Crippen LogP contribution is 2.61. The first-order valence-electron chi connectivity index (χ1n) is 23.2. The highest BCUT2D eigenvalue weighted by Gasteiger charge is 2.49. The molecule has 9 aromatic rings. The summed E-state index contributed by atoms with van der Waals surface area (Å²) in [5, 5.41) is 0. The summed E-state index contributed by atoms with van der Waals surface area (Å²) < 4.78 is 0. The maximum absolute atomic E-state index is 2.50. The molecule has 0 amide bonds. The number of hydrogen-bond donors (Lipinski definition) is 0. The molecule has 0 bridgehead atoms. The maximum atomic E-state index is 2.50. The van der Waals surface area contributed by atoms with E-state index in [-0.39, 0.29) is 10.8 Å². The van der Waals surface area contributed by atoms with Crippen molar-refractivity contribution in [3.05, 3.63) is 280 Å². The van der Waals surface area contributed by atoms with Crippen LogP contribution in [-0.4, -0.2) is 0 Å². The normalized spacial score (nSPS) is 17.2. The number of benzene rings is 9. The Morgan fingerprint density at radius 3 is 1.26 bits per heavy atom. The van der Waals surface area contributed by atoms with Crippen LogP contribution < -0.4 is 4.90 Å². The van der Waals surface area contributed by atoms with Gasteiger partial charge in [0.25, 0.3) is 0 Å². The lowest BCUT2D eigenvalue weighted by Crippen LogP contribution is -2.29. The summed E-state index contributed by atoms with van der Waals surface area (Å²) in [4.78, 5) is 2.50. The molecule has 0 radical (unpaired) electrons. The van der Waals surface area contributed by atoms with E-state index in [2.05, 4.69) is 271 Å². The molecule has 2 atom stereocenters. The molecule has 316 valence electrons. The van der Waals surface area contributed by atoms with Crippen molar-refractivity contribution in [2.75, 3.05) is 4.90 Å². The highest BCUT2D eigenvalue weighted by molar-refractivity contribution is 5.98. The van der Waals surface area contributed by atoms with Gasteiger partial charge in [-0.15, -0.1) is 0 Å². The van der Waals surface area contributed by atoms with Crippen LogP contribution in [0.4, 0.5) is 17.1 Å². The van der Waals surface area contributed by atoms with Gasteiger partial charge in [-0.25, -0.2) is 0 Å². The summed E-state index contributed by atoms with van der Waals surface area (Å²) >= 11 is 0. The Bertz CT molecular complexity index is 3190. The van der Waals surface area contributed by atoms with Crippen LogP contribution in [0, 0.1) is 0 Å². The third-order valence-electron chi connectivity index (χ3n) is 14.4. The SMILES string of the molecule is CC(C)(C)c1ccc(C2(c3ccccc3)c3ccccc3-c3cc(N(c4ccccc4)c4cccc5c4-c4ccccc4C5(c4ccccc4)c4ccc(C(C)(C)C)cc4)ccc32)cc1. The number of fused-ring (bicyclic) bond motifs is 6. The Morgan fingerprint density at radius 1 is 0.308 bits per heavy atom. The van der Waals surface area contributed by atoms with E-state index < -0.39 is 10.8 Å². The van der Waals surface area contributed by atoms with Gasteiger partial charge >= 0.3 is 0 Å². The molecule has 1 nitrogen and oxygen atoms in total. The molecule has 11 rings (SSSR count). The van der Waals surface area contributed by atoms with E-state index in [4.69, 9.17) is 0 Å². The van der Waals surface area contributed by atoms with Crippen molar-refractivity contribution in [1.29, 1.82) is 0 Å². The monoisotopic (exact) mass is 837 g/mol. The van der Waals surface area contributed by atoms with Crippen LogP contribution in [-0.2, 0) is 21.7 Å². The molecule has 2 unspecified atom stereocenters. The van der Waals surface area contributed by atoms with E-state index in [0.717, 1.165) is 17.1 Å². The molecular weight excluding hydrogens is 783 g/mol. The molecular formula is C64H55N. The molecule has 0 aromatic heterocycles. The zero-order valence-electron chi connectivity index (χ0n) is 38.3. The minimum absolute atomic E-state index is 0.0430. The Labute approximate surface area is 385 Å². The summed E-state index contributed by atoms with van der Waals surface area (Å²) in [7, 11) is 0. The summed E-state index contributed by atoms with van der Waals surface area (Å²) in [6, 6.07) is 84.6. The molecule has 0 saturated carbocycles. The van der Waals surface area contributed by atoms with Crippen molar-refractivity contribution in [3.63, 3.8) is 0 Å². The Morgan fingerprint density at radius 2 is 0.723 bits per heavy atom. The second-order valence-corrected chi connectivity index (χ2v) is 20.1. The standard InChI is InChI=1S/C64H55N/c1-61(2,3)44-33-37-48(38-34-44)63(46-21-10-7-11-22-46)55-29-18-16-27-52(55)54-43-51(41-42-57(54)63)65(50-25-14-9-15-26-50)59-32-20-31-58-60(59)53-28-17-19-30-56(53)64(58,47-23-12-8-13-24-47)49-39-35-45(36-40-49)62(4,5)6/h7-43H,1-6H3. The molecule has 0 aliphatic heterocycles. The summed E-state index contributed by atoms with van der Waals surface area (Å²) in [6.07, 6.45) is 0. The summed E-state index contributed by atoms with van der Waals surface area (Å²) in [6.45, 7) is 13.8. The molecule has 9 aromatic carbocycles. The Balaban J connectivity index is 1.17. The van der Waals surface area contributed by atoms with Crippen LogP contribution in [0.25, 0.3) is 22.3 Å². The molecule has 2 aliphatic carbocycles.